The molecule has 0 aliphatic rings. The Bertz CT molecular complexity index is 765. The number of nitrogens with one attached hydrogen (secondary N) is 1. The van der Waals surface area contributed by atoms with Crippen molar-refractivity contribution in [2.24, 2.45) is 0 Å². The number of amides is 2. The maximum absolute atomic E-state index is 13.0. The molecule has 0 heterocycles. The summed E-state index contributed by atoms with van der Waals surface area (Å²) in [6, 6.07) is 10.4. The van der Waals surface area contributed by atoms with E-state index >= 15 is 0 Å². The van der Waals surface area contributed by atoms with Gasteiger partial charge in [-0.2, -0.15) is 0 Å². The molecule has 2 aromatic rings. The Balaban J connectivity index is 1.98. The van der Waals surface area contributed by atoms with E-state index in [-0.39, 0.29) is 30.6 Å². The molecule has 5 nitrogen and oxygen atoms in total. The molecule has 0 aromatic heterocycles. The van der Waals surface area contributed by atoms with E-state index in [1.165, 1.54) is 43.2 Å². The van der Waals surface area contributed by atoms with Crippen LogP contribution in [0.2, 0.25) is 5.02 Å². The van der Waals surface area contributed by atoms with Crippen molar-refractivity contribution in [3.8, 4) is 5.75 Å². The van der Waals surface area contributed by atoms with E-state index < -0.39 is 0 Å². The minimum absolute atomic E-state index is 0.0839. The van der Waals surface area contributed by atoms with Gasteiger partial charge in [-0.15, -0.1) is 0 Å². The fourth-order valence-electron chi connectivity index (χ4n) is 2.27. The van der Waals surface area contributed by atoms with Gasteiger partial charge in [-0.3, -0.25) is 9.59 Å². The maximum Gasteiger partial charge on any atom is 0.226 e. The molecule has 1 N–H and O–H groups in total. The topological polar surface area (TPSA) is 58.6 Å². The first-order chi connectivity index (χ1) is 11.9. The normalized spacial score (nSPS) is 10.2. The lowest BCUT2D eigenvalue weighted by molar-refractivity contribution is -0.117. The molecule has 2 rings (SSSR count). The van der Waals surface area contributed by atoms with Crippen molar-refractivity contribution in [3.63, 3.8) is 0 Å². The standard InChI is InChI=1S/C18H18ClFN2O3/c1-12(23)22(15-6-3-13(20)4-7-15)10-9-18(24)21-14-5-8-17(25-2)16(19)11-14/h3-8,11H,9-10H2,1-2H3,(H,21,24). The Labute approximate surface area is 150 Å². The third-order valence-electron chi connectivity index (χ3n) is 3.52. The number of ether oxygens (including phenoxy) is 1. The van der Waals surface area contributed by atoms with Gasteiger partial charge in [0.1, 0.15) is 11.6 Å². The molecule has 2 aromatic carbocycles. The molecule has 25 heavy (non-hydrogen) atoms. The lowest BCUT2D eigenvalue weighted by Gasteiger charge is -2.21. The lowest BCUT2D eigenvalue weighted by Crippen LogP contribution is -2.31. The second-order valence-electron chi connectivity index (χ2n) is 5.29. The van der Waals surface area contributed by atoms with Crippen LogP contribution < -0.4 is 15.0 Å². The molecule has 0 atom stereocenters. The summed E-state index contributed by atoms with van der Waals surface area (Å²) in [6.07, 6.45) is 0.0839. The Hall–Kier alpha value is -2.60. The number of hydrogen-bond donors (Lipinski definition) is 1. The zero-order valence-electron chi connectivity index (χ0n) is 13.9. The Kier molecular flexibility index (Phi) is 6.36. The molecule has 0 aliphatic heterocycles. The molecule has 0 radical (unpaired) electrons. The van der Waals surface area contributed by atoms with Crippen molar-refractivity contribution in [3.05, 3.63) is 53.3 Å². The van der Waals surface area contributed by atoms with Crippen LogP contribution in [0, 0.1) is 5.82 Å². The van der Waals surface area contributed by atoms with E-state index in [2.05, 4.69) is 5.32 Å². The molecule has 132 valence electrons. The third kappa shape index (κ3) is 5.19. The fraction of sp³-hybridized carbons (Fsp3) is 0.222. The highest BCUT2D eigenvalue weighted by Gasteiger charge is 2.14. The first-order valence-corrected chi connectivity index (χ1v) is 7.95. The largest absolute Gasteiger partial charge is 0.495 e. The number of carbonyl (C=O) groups excluding carboxylic acids is 2. The smallest absolute Gasteiger partial charge is 0.226 e. The molecule has 7 heteroatoms. The SMILES string of the molecule is COc1ccc(NC(=O)CCN(C(C)=O)c2ccc(F)cc2)cc1Cl. The van der Waals surface area contributed by atoms with Crippen LogP contribution in [-0.2, 0) is 9.59 Å². The molecule has 0 aliphatic carbocycles. The van der Waals surface area contributed by atoms with Crippen LogP contribution in [0.5, 0.6) is 5.75 Å². The van der Waals surface area contributed by atoms with Gasteiger partial charge in [0.15, 0.2) is 0 Å². The maximum atomic E-state index is 13.0. The van der Waals surface area contributed by atoms with Crippen LogP contribution in [-0.4, -0.2) is 25.5 Å². The molecule has 0 saturated carbocycles. The fourth-order valence-corrected chi connectivity index (χ4v) is 2.53. The average Bonchev–Trinajstić information content (AvgIpc) is 2.56. The van der Waals surface area contributed by atoms with E-state index in [9.17, 15) is 14.0 Å². The minimum atomic E-state index is -0.388. The van der Waals surface area contributed by atoms with Gasteiger partial charge in [0, 0.05) is 31.3 Å². The monoisotopic (exact) mass is 364 g/mol. The van der Waals surface area contributed by atoms with Crippen LogP contribution in [0.4, 0.5) is 15.8 Å². The number of anilines is 2. The van der Waals surface area contributed by atoms with Crippen LogP contribution in [0.1, 0.15) is 13.3 Å². The number of carbonyl (C=O) groups is 2. The number of rotatable bonds is 6. The van der Waals surface area contributed by atoms with E-state index in [0.717, 1.165) is 0 Å². The van der Waals surface area contributed by atoms with Crippen molar-refractivity contribution >= 4 is 34.8 Å². The second kappa shape index (κ2) is 8.48. The zero-order chi connectivity index (χ0) is 18.4. The van der Waals surface area contributed by atoms with Crippen LogP contribution in [0.15, 0.2) is 42.5 Å². The summed E-state index contributed by atoms with van der Waals surface area (Å²) >= 11 is 6.02. The van der Waals surface area contributed by atoms with Crippen LogP contribution in [0.3, 0.4) is 0 Å². The molecular weight excluding hydrogens is 347 g/mol. The minimum Gasteiger partial charge on any atom is -0.495 e. The van der Waals surface area contributed by atoms with Gasteiger partial charge < -0.3 is 15.0 Å². The van der Waals surface area contributed by atoms with Gasteiger partial charge in [-0.25, -0.2) is 4.39 Å². The highest BCUT2D eigenvalue weighted by atomic mass is 35.5. The Morgan fingerprint density at radius 3 is 2.44 bits per heavy atom. The van der Waals surface area contributed by atoms with Gasteiger partial charge in [0.25, 0.3) is 0 Å². The molecule has 0 spiro atoms. The van der Waals surface area contributed by atoms with E-state index in [1.54, 1.807) is 18.2 Å². The van der Waals surface area contributed by atoms with Crippen molar-refractivity contribution in [1.82, 2.24) is 0 Å². The van der Waals surface area contributed by atoms with Crippen molar-refractivity contribution in [2.75, 3.05) is 23.9 Å². The van der Waals surface area contributed by atoms with Crippen LogP contribution >= 0.6 is 11.6 Å². The van der Waals surface area contributed by atoms with Gasteiger partial charge in [0.05, 0.1) is 12.1 Å². The van der Waals surface area contributed by atoms with E-state index in [4.69, 9.17) is 16.3 Å². The number of halogens is 2. The van der Waals surface area contributed by atoms with Gasteiger partial charge in [-0.1, -0.05) is 11.6 Å². The van der Waals surface area contributed by atoms with Crippen molar-refractivity contribution in [1.29, 1.82) is 0 Å². The number of hydrogen-bond acceptors (Lipinski definition) is 3. The predicted octanol–water partition coefficient (Wildman–Crippen LogP) is 3.87. The predicted molar refractivity (Wildman–Crippen MR) is 95.7 cm³/mol. The third-order valence-corrected chi connectivity index (χ3v) is 3.81. The summed E-state index contributed by atoms with van der Waals surface area (Å²) in [6.45, 7) is 1.57. The average molecular weight is 365 g/mol. The number of benzene rings is 2. The molecular formula is C18H18ClFN2O3. The summed E-state index contributed by atoms with van der Waals surface area (Å²) in [7, 11) is 1.51. The molecule has 0 bridgehead atoms. The van der Waals surface area contributed by atoms with Gasteiger partial charge in [0.2, 0.25) is 11.8 Å². The summed E-state index contributed by atoms with van der Waals surface area (Å²) in [4.78, 5) is 25.3. The van der Waals surface area contributed by atoms with Crippen molar-refractivity contribution in [2.45, 2.75) is 13.3 Å². The van der Waals surface area contributed by atoms with Crippen molar-refractivity contribution < 1.29 is 18.7 Å². The first-order valence-electron chi connectivity index (χ1n) is 7.57. The van der Waals surface area contributed by atoms with Gasteiger partial charge >= 0.3 is 0 Å². The first kappa shape index (κ1) is 18.7. The molecule has 0 unspecified atom stereocenters. The summed E-state index contributed by atoms with van der Waals surface area (Å²) in [5.41, 5.74) is 1.07. The second-order valence-corrected chi connectivity index (χ2v) is 5.70. The summed E-state index contributed by atoms with van der Waals surface area (Å²) in [5, 5.41) is 3.10. The van der Waals surface area contributed by atoms with Gasteiger partial charge in [-0.05, 0) is 42.5 Å². The Morgan fingerprint density at radius 1 is 1.20 bits per heavy atom. The molecule has 0 saturated heterocycles. The number of nitrogens with zero attached hydrogens (tertiary/aromatic N) is 1. The summed E-state index contributed by atoms with van der Waals surface area (Å²) in [5.74, 6) is -0.374. The van der Waals surface area contributed by atoms with E-state index in [1.807, 2.05) is 0 Å². The molecule has 2 amide bonds. The van der Waals surface area contributed by atoms with Crippen LogP contribution in [0.25, 0.3) is 0 Å². The molecule has 0 fully saturated rings. The zero-order valence-corrected chi connectivity index (χ0v) is 14.6. The highest BCUT2D eigenvalue weighted by molar-refractivity contribution is 6.32. The van der Waals surface area contributed by atoms with E-state index in [0.29, 0.717) is 22.1 Å². The summed E-state index contributed by atoms with van der Waals surface area (Å²) < 4.78 is 18.1. The Morgan fingerprint density at radius 2 is 1.88 bits per heavy atom. The highest BCUT2D eigenvalue weighted by Crippen LogP contribution is 2.27. The lowest BCUT2D eigenvalue weighted by atomic mass is 10.2. The quantitative estimate of drug-likeness (QED) is 0.846. The number of methoxy groups -OCH3 is 1.